The molecule has 0 saturated carbocycles. The summed E-state index contributed by atoms with van der Waals surface area (Å²) < 4.78 is 10.2. The van der Waals surface area contributed by atoms with E-state index in [1.54, 1.807) is 0 Å². The van der Waals surface area contributed by atoms with Gasteiger partial charge in [0.25, 0.3) is 0 Å². The van der Waals surface area contributed by atoms with Gasteiger partial charge in [0.15, 0.2) is 6.29 Å². The molecule has 1 aliphatic heterocycles. The Labute approximate surface area is 170 Å². The Morgan fingerprint density at radius 2 is 1.84 bits per heavy atom. The number of hydrogen-bond donors (Lipinski definition) is 5. The molecule has 1 aliphatic rings. The Bertz CT molecular complexity index is 263. The Kier molecular flexibility index (Phi) is 11.1. The molecule has 1 heterocycles. The van der Waals surface area contributed by atoms with Gasteiger partial charge in [0.2, 0.25) is 0 Å². The van der Waals surface area contributed by atoms with E-state index in [-0.39, 0.29) is 81.9 Å². The van der Waals surface area contributed by atoms with Crippen LogP contribution in [-0.4, -0.2) is 75.6 Å². The van der Waals surface area contributed by atoms with Gasteiger partial charge in [-0.15, -0.1) is 0 Å². The zero-order valence-electron chi connectivity index (χ0n) is 10.8. The van der Waals surface area contributed by atoms with E-state index in [2.05, 4.69) is 0 Å². The molecule has 1 saturated heterocycles. The second-order valence-corrected chi connectivity index (χ2v) is 4.12. The minimum absolute atomic E-state index is 0. The monoisotopic (exact) mass is 396 g/mol. The molecule has 5 N–H and O–H groups in total. The molecule has 0 aromatic rings. The van der Waals surface area contributed by atoms with Crippen LogP contribution in [0.3, 0.4) is 0 Å². The van der Waals surface area contributed by atoms with Crippen molar-refractivity contribution in [1.82, 2.24) is 0 Å². The van der Waals surface area contributed by atoms with Gasteiger partial charge in [0.05, 0.1) is 13.2 Å². The molecule has 0 amide bonds. The van der Waals surface area contributed by atoms with Crippen LogP contribution in [0.1, 0.15) is 6.42 Å². The van der Waals surface area contributed by atoms with E-state index in [0.717, 1.165) is 6.08 Å². The van der Waals surface area contributed by atoms with Crippen molar-refractivity contribution in [3.05, 3.63) is 12.7 Å². The van der Waals surface area contributed by atoms with Crippen molar-refractivity contribution in [2.45, 2.75) is 43.2 Å². The minimum atomic E-state index is -1.47. The number of ether oxygens (including phenoxy) is 2. The van der Waals surface area contributed by atoms with Gasteiger partial charge in [0, 0.05) is 6.10 Å². The first kappa shape index (κ1) is 20.5. The Hall–Kier alpha value is 1.51. The fourth-order valence-corrected chi connectivity index (χ4v) is 1.61. The summed E-state index contributed by atoms with van der Waals surface area (Å²) in [6, 6.07) is 0. The molecule has 1 fully saturated rings. The van der Waals surface area contributed by atoms with Gasteiger partial charge >= 0.3 is 68.9 Å². The summed E-state index contributed by atoms with van der Waals surface area (Å²) in [5.41, 5.74) is 0. The zero-order chi connectivity index (χ0) is 13.7. The number of aliphatic hydroxyl groups excluding tert-OH is 5. The number of hydrogen-bond acceptors (Lipinski definition) is 7. The number of aliphatic hydroxyl groups is 5. The standard InChI is InChI=1S/C11H19O7.Cs/c1-2-6(13)3-4-17-11-10(16)9(15)8(14)7(5-12)18-11;/h1-2,6-16H,3-5H2;/q-1;+1. The van der Waals surface area contributed by atoms with Crippen molar-refractivity contribution in [2.24, 2.45) is 0 Å². The molecule has 7 nitrogen and oxygen atoms in total. The van der Waals surface area contributed by atoms with Crippen LogP contribution in [0.25, 0.3) is 0 Å². The summed E-state index contributed by atoms with van der Waals surface area (Å²) in [5.74, 6) is 0. The summed E-state index contributed by atoms with van der Waals surface area (Å²) >= 11 is 0. The van der Waals surface area contributed by atoms with E-state index in [9.17, 15) is 15.3 Å². The van der Waals surface area contributed by atoms with Crippen molar-refractivity contribution in [3.63, 3.8) is 0 Å². The van der Waals surface area contributed by atoms with E-state index in [1.165, 1.54) is 0 Å². The first-order valence-corrected chi connectivity index (χ1v) is 5.66. The summed E-state index contributed by atoms with van der Waals surface area (Å²) in [6.07, 6.45) is -6.02. The molecule has 106 valence electrons. The normalized spacial score (nSPS) is 36.4. The van der Waals surface area contributed by atoms with Crippen LogP contribution in [-0.2, 0) is 9.47 Å². The van der Waals surface area contributed by atoms with E-state index in [0.29, 0.717) is 0 Å². The molecule has 6 atom stereocenters. The van der Waals surface area contributed by atoms with Gasteiger partial charge < -0.3 is 41.6 Å². The van der Waals surface area contributed by atoms with E-state index >= 15 is 0 Å². The SMILES string of the molecule is [CH-]=CC(O)CCOC1OC(CO)C(O)C(O)C1O.[Cs+]. The van der Waals surface area contributed by atoms with Crippen molar-refractivity contribution in [1.29, 1.82) is 0 Å². The molecule has 1 rings (SSSR count). The van der Waals surface area contributed by atoms with Crippen LogP contribution in [0.4, 0.5) is 0 Å². The first-order valence-electron chi connectivity index (χ1n) is 5.66. The van der Waals surface area contributed by atoms with Gasteiger partial charge in [-0.3, -0.25) is 0 Å². The van der Waals surface area contributed by atoms with Crippen molar-refractivity contribution >= 4 is 0 Å². The largest absolute Gasteiger partial charge is 1.00 e. The molecule has 0 radical (unpaired) electrons. The second kappa shape index (κ2) is 10.3. The van der Waals surface area contributed by atoms with Crippen molar-refractivity contribution < 1.29 is 104 Å². The Balaban J connectivity index is 0.00000324. The fraction of sp³-hybridized carbons (Fsp3) is 0.818. The minimum Gasteiger partial charge on any atom is -0.515 e. The van der Waals surface area contributed by atoms with E-state index in [4.69, 9.17) is 26.3 Å². The van der Waals surface area contributed by atoms with Gasteiger partial charge in [-0.25, -0.2) is 6.08 Å². The molecule has 0 aromatic carbocycles. The summed E-state index contributed by atoms with van der Waals surface area (Å²) in [7, 11) is 0. The van der Waals surface area contributed by atoms with Crippen LogP contribution < -0.4 is 68.9 Å². The predicted molar refractivity (Wildman–Crippen MR) is 59.2 cm³/mol. The van der Waals surface area contributed by atoms with Crippen molar-refractivity contribution in [2.75, 3.05) is 13.2 Å². The molecule has 0 bridgehead atoms. The molecule has 6 unspecified atom stereocenters. The maximum Gasteiger partial charge on any atom is 1.00 e. The molecule has 0 spiro atoms. The third kappa shape index (κ3) is 6.03. The molecule has 0 aliphatic carbocycles. The molecule has 0 aromatic heterocycles. The average Bonchev–Trinajstić information content (AvgIpc) is 2.38. The first-order chi connectivity index (χ1) is 8.51. The molecule has 8 heteroatoms. The fourth-order valence-electron chi connectivity index (χ4n) is 1.61. The quantitative estimate of drug-likeness (QED) is 0.284. The predicted octanol–water partition coefficient (Wildman–Crippen LogP) is -5.45. The third-order valence-corrected chi connectivity index (χ3v) is 2.77. The smallest absolute Gasteiger partial charge is 0.515 e. The maximum absolute atomic E-state index is 9.61. The van der Waals surface area contributed by atoms with Crippen LogP contribution in [0.15, 0.2) is 6.08 Å². The second-order valence-electron chi connectivity index (χ2n) is 4.12. The van der Waals surface area contributed by atoms with Crippen LogP contribution in [0.5, 0.6) is 0 Å². The summed E-state index contributed by atoms with van der Waals surface area (Å²) in [5, 5.41) is 46.7. The van der Waals surface area contributed by atoms with Gasteiger partial charge in [-0.1, -0.05) is 0 Å². The van der Waals surface area contributed by atoms with E-state index in [1.807, 2.05) is 0 Å². The van der Waals surface area contributed by atoms with Gasteiger partial charge in [0.1, 0.15) is 24.4 Å². The maximum atomic E-state index is 9.61. The average molecular weight is 396 g/mol. The van der Waals surface area contributed by atoms with Gasteiger partial charge in [-0.05, 0) is 6.42 Å². The zero-order valence-corrected chi connectivity index (χ0v) is 17.1. The van der Waals surface area contributed by atoms with Crippen LogP contribution >= 0.6 is 0 Å². The Morgan fingerprint density at radius 1 is 1.21 bits per heavy atom. The number of rotatable bonds is 6. The van der Waals surface area contributed by atoms with Gasteiger partial charge in [-0.2, -0.15) is 0 Å². The molecule has 19 heavy (non-hydrogen) atoms. The molecular weight excluding hydrogens is 377 g/mol. The van der Waals surface area contributed by atoms with Crippen LogP contribution in [0, 0.1) is 6.58 Å². The van der Waals surface area contributed by atoms with E-state index < -0.39 is 43.4 Å². The summed E-state index contributed by atoms with van der Waals surface area (Å²) in [6.45, 7) is 4.61. The summed E-state index contributed by atoms with van der Waals surface area (Å²) in [4.78, 5) is 0. The van der Waals surface area contributed by atoms with Crippen LogP contribution in [0.2, 0.25) is 0 Å². The van der Waals surface area contributed by atoms with Crippen molar-refractivity contribution in [3.8, 4) is 0 Å². The molecular formula is C11H19CsO7. The topological polar surface area (TPSA) is 120 Å². The Morgan fingerprint density at radius 3 is 2.37 bits per heavy atom. The third-order valence-electron chi connectivity index (χ3n) is 2.77.